The number of nitrogens with zero attached hydrogens (tertiary/aromatic N) is 2. The summed E-state index contributed by atoms with van der Waals surface area (Å²) in [6.45, 7) is 0. The van der Waals surface area contributed by atoms with Gasteiger partial charge in [0.25, 0.3) is 23.6 Å². The number of hydrogen-bond donors (Lipinski definition) is 0. The van der Waals surface area contributed by atoms with Crippen LogP contribution in [0.2, 0.25) is 0 Å². The summed E-state index contributed by atoms with van der Waals surface area (Å²) in [7, 11) is 0. The molecular weight excluding hydrogens is 300 g/mol. The van der Waals surface area contributed by atoms with Crippen LogP contribution in [0.15, 0.2) is 12.2 Å². The quantitative estimate of drug-likeness (QED) is 0.466. The van der Waals surface area contributed by atoms with Crippen LogP contribution < -0.4 is 0 Å². The van der Waals surface area contributed by atoms with Gasteiger partial charge in [-0.25, -0.2) is 9.59 Å². The van der Waals surface area contributed by atoms with Gasteiger partial charge in [-0.3, -0.25) is 19.2 Å². The standard InChI is InChI=1S/C12H10N2O8/c15-7-1-2-8(16)13(7)21-11(19)5-6-12(20)22-14-9(17)3-4-10(14)18/h5-6H,1-4H2/b6-5-. The minimum absolute atomic E-state index is 0.0585. The van der Waals surface area contributed by atoms with E-state index >= 15 is 0 Å². The Kier molecular flexibility index (Phi) is 4.30. The first-order valence-electron chi connectivity index (χ1n) is 6.22. The summed E-state index contributed by atoms with van der Waals surface area (Å²) in [5, 5.41) is 0.622. The van der Waals surface area contributed by atoms with E-state index in [0.717, 1.165) is 0 Å². The second kappa shape index (κ2) is 6.16. The predicted octanol–water partition coefficient (Wildman–Crippen LogP) is -1.24. The maximum atomic E-state index is 11.4. The minimum atomic E-state index is -1.15. The van der Waals surface area contributed by atoms with Crippen molar-refractivity contribution in [2.75, 3.05) is 0 Å². The van der Waals surface area contributed by atoms with Crippen molar-refractivity contribution in [1.29, 1.82) is 0 Å². The smallest absolute Gasteiger partial charge is 0.326 e. The second-order valence-corrected chi connectivity index (χ2v) is 4.32. The van der Waals surface area contributed by atoms with Gasteiger partial charge in [0, 0.05) is 37.8 Å². The van der Waals surface area contributed by atoms with Crippen LogP contribution in [0.4, 0.5) is 0 Å². The van der Waals surface area contributed by atoms with E-state index in [2.05, 4.69) is 9.68 Å². The predicted molar refractivity (Wildman–Crippen MR) is 63.5 cm³/mol. The van der Waals surface area contributed by atoms with Gasteiger partial charge in [-0.2, -0.15) is 0 Å². The number of hydrogen-bond acceptors (Lipinski definition) is 8. The van der Waals surface area contributed by atoms with Crippen LogP contribution >= 0.6 is 0 Å². The molecule has 2 fully saturated rings. The Morgan fingerprint density at radius 3 is 1.23 bits per heavy atom. The lowest BCUT2D eigenvalue weighted by Gasteiger charge is -2.11. The van der Waals surface area contributed by atoms with Crippen LogP contribution in [-0.4, -0.2) is 45.7 Å². The molecule has 0 unspecified atom stereocenters. The van der Waals surface area contributed by atoms with Crippen LogP contribution in [-0.2, 0) is 38.4 Å². The number of hydroxylamine groups is 4. The van der Waals surface area contributed by atoms with E-state index in [4.69, 9.17) is 0 Å². The lowest BCUT2D eigenvalue weighted by molar-refractivity contribution is -0.194. The number of rotatable bonds is 4. The summed E-state index contributed by atoms with van der Waals surface area (Å²) in [5.41, 5.74) is 0. The van der Waals surface area contributed by atoms with E-state index in [1.54, 1.807) is 0 Å². The van der Waals surface area contributed by atoms with Gasteiger partial charge in [-0.15, -0.1) is 10.1 Å². The highest BCUT2D eigenvalue weighted by atomic mass is 16.7. The average Bonchev–Trinajstić information content (AvgIpc) is 2.95. The molecule has 4 amide bonds. The molecule has 0 spiro atoms. The topological polar surface area (TPSA) is 127 Å². The summed E-state index contributed by atoms with van der Waals surface area (Å²) >= 11 is 0. The van der Waals surface area contributed by atoms with Crippen molar-refractivity contribution in [3.05, 3.63) is 12.2 Å². The normalized spacial score (nSPS) is 18.5. The molecule has 2 rings (SSSR count). The Labute approximate surface area is 123 Å². The van der Waals surface area contributed by atoms with Gasteiger partial charge in [0.2, 0.25) is 0 Å². The van der Waals surface area contributed by atoms with Crippen molar-refractivity contribution in [2.24, 2.45) is 0 Å². The zero-order chi connectivity index (χ0) is 16.3. The van der Waals surface area contributed by atoms with E-state index in [1.165, 1.54) is 0 Å². The van der Waals surface area contributed by atoms with Gasteiger partial charge >= 0.3 is 11.9 Å². The molecule has 0 bridgehead atoms. The molecule has 0 radical (unpaired) electrons. The number of carbonyl (C=O) groups excluding carboxylic acids is 6. The third-order valence-electron chi connectivity index (χ3n) is 2.73. The summed E-state index contributed by atoms with van der Waals surface area (Å²) in [5.74, 6) is -4.96. The SMILES string of the molecule is O=C(/C=C\C(=O)ON1C(=O)CCC1=O)ON1C(=O)CCC1=O. The largest absolute Gasteiger partial charge is 0.357 e. The summed E-state index contributed by atoms with van der Waals surface area (Å²) < 4.78 is 0. The number of imide groups is 2. The Balaban J connectivity index is 1.85. The van der Waals surface area contributed by atoms with Crippen LogP contribution in [0.25, 0.3) is 0 Å². The van der Waals surface area contributed by atoms with E-state index in [-0.39, 0.29) is 25.7 Å². The second-order valence-electron chi connectivity index (χ2n) is 4.32. The van der Waals surface area contributed by atoms with Crippen molar-refractivity contribution >= 4 is 35.6 Å². The van der Waals surface area contributed by atoms with Gasteiger partial charge in [0.05, 0.1) is 0 Å². The maximum absolute atomic E-state index is 11.4. The molecule has 0 saturated carbocycles. The van der Waals surface area contributed by atoms with Crippen LogP contribution in [0.5, 0.6) is 0 Å². The van der Waals surface area contributed by atoms with Crippen LogP contribution in [0.3, 0.4) is 0 Å². The molecule has 0 aromatic rings. The maximum Gasteiger partial charge on any atom is 0.357 e. The molecule has 10 heteroatoms. The fourth-order valence-electron chi connectivity index (χ4n) is 1.69. The van der Waals surface area contributed by atoms with Gasteiger partial charge in [0.1, 0.15) is 0 Å². The molecule has 10 nitrogen and oxygen atoms in total. The zero-order valence-electron chi connectivity index (χ0n) is 11.1. The molecular formula is C12H10N2O8. The molecule has 0 N–H and O–H groups in total. The Morgan fingerprint density at radius 1 is 0.682 bits per heavy atom. The van der Waals surface area contributed by atoms with E-state index < -0.39 is 35.6 Å². The Morgan fingerprint density at radius 2 is 0.955 bits per heavy atom. The lowest BCUT2D eigenvalue weighted by Crippen LogP contribution is -2.32. The fourth-order valence-corrected chi connectivity index (χ4v) is 1.69. The van der Waals surface area contributed by atoms with Crippen LogP contribution in [0, 0.1) is 0 Å². The first-order valence-corrected chi connectivity index (χ1v) is 6.22. The van der Waals surface area contributed by atoms with E-state index in [1.807, 2.05) is 0 Å². The van der Waals surface area contributed by atoms with Gasteiger partial charge in [-0.1, -0.05) is 0 Å². The molecule has 0 atom stereocenters. The molecule has 2 aliphatic rings. The summed E-state index contributed by atoms with van der Waals surface area (Å²) in [4.78, 5) is 76.4. The molecule has 0 aliphatic carbocycles. The number of amides is 4. The Hall–Kier alpha value is -3.04. The lowest BCUT2D eigenvalue weighted by atomic mass is 10.4. The van der Waals surface area contributed by atoms with E-state index in [0.29, 0.717) is 22.3 Å². The van der Waals surface area contributed by atoms with Crippen molar-refractivity contribution in [3.8, 4) is 0 Å². The third kappa shape index (κ3) is 3.34. The molecule has 0 aromatic carbocycles. The fraction of sp³-hybridized carbons (Fsp3) is 0.333. The first kappa shape index (κ1) is 15.4. The van der Waals surface area contributed by atoms with E-state index in [9.17, 15) is 28.8 Å². The van der Waals surface area contributed by atoms with Gasteiger partial charge < -0.3 is 9.68 Å². The highest BCUT2D eigenvalue weighted by Crippen LogP contribution is 2.13. The molecule has 2 aliphatic heterocycles. The van der Waals surface area contributed by atoms with Crippen LogP contribution in [0.1, 0.15) is 25.7 Å². The summed E-state index contributed by atoms with van der Waals surface area (Å²) in [6, 6.07) is 0. The molecule has 22 heavy (non-hydrogen) atoms. The van der Waals surface area contributed by atoms with Crippen molar-refractivity contribution in [3.63, 3.8) is 0 Å². The van der Waals surface area contributed by atoms with Crippen molar-refractivity contribution < 1.29 is 38.4 Å². The van der Waals surface area contributed by atoms with Crippen molar-refractivity contribution in [2.45, 2.75) is 25.7 Å². The first-order chi connectivity index (χ1) is 10.4. The highest BCUT2D eigenvalue weighted by Gasteiger charge is 2.33. The minimum Gasteiger partial charge on any atom is -0.326 e. The third-order valence-corrected chi connectivity index (χ3v) is 2.73. The summed E-state index contributed by atoms with van der Waals surface area (Å²) in [6.07, 6.45) is 0.973. The molecule has 2 heterocycles. The van der Waals surface area contributed by atoms with Gasteiger partial charge in [-0.05, 0) is 0 Å². The molecule has 116 valence electrons. The number of carbonyl (C=O) groups is 6. The van der Waals surface area contributed by atoms with Gasteiger partial charge in [0.15, 0.2) is 0 Å². The molecule has 2 saturated heterocycles. The monoisotopic (exact) mass is 310 g/mol. The zero-order valence-corrected chi connectivity index (χ0v) is 11.1. The highest BCUT2D eigenvalue weighted by molar-refractivity contribution is 6.03. The Bertz CT molecular complexity index is 524. The molecule has 0 aromatic heterocycles. The van der Waals surface area contributed by atoms with Crippen molar-refractivity contribution in [1.82, 2.24) is 10.1 Å². The average molecular weight is 310 g/mol.